The maximum absolute atomic E-state index is 13.0. The van der Waals surface area contributed by atoms with Gasteiger partial charge in [0.15, 0.2) is 12.2 Å². The number of methoxy groups -OCH3 is 1. The van der Waals surface area contributed by atoms with Crippen molar-refractivity contribution in [1.29, 1.82) is 0 Å². The zero-order valence-corrected chi connectivity index (χ0v) is 16.5. The number of ether oxygens (including phenoxy) is 1. The van der Waals surface area contributed by atoms with Crippen molar-refractivity contribution in [1.82, 2.24) is 19.9 Å². The number of alkyl halides is 3. The van der Waals surface area contributed by atoms with E-state index in [4.69, 9.17) is 32.5 Å². The first-order chi connectivity index (χ1) is 13.3. The second-order valence-electron chi connectivity index (χ2n) is 5.13. The highest BCUT2D eigenvalue weighted by Gasteiger charge is 2.33. The molecule has 0 N–H and O–H groups in total. The molecule has 0 bridgehead atoms. The summed E-state index contributed by atoms with van der Waals surface area (Å²) in [5.74, 6) is 0.383. The Morgan fingerprint density at radius 3 is 2.46 bits per heavy atom. The molecule has 0 spiro atoms. The molecule has 7 nitrogen and oxygen atoms in total. The van der Waals surface area contributed by atoms with Crippen molar-refractivity contribution < 1.29 is 22.4 Å². The second kappa shape index (κ2) is 8.02. The Kier molecular flexibility index (Phi) is 5.87. The largest absolute Gasteiger partial charge is 0.486 e. The number of hydrogen-bond acceptors (Lipinski definition) is 7. The van der Waals surface area contributed by atoms with Gasteiger partial charge in [-0.3, -0.25) is 0 Å². The molecule has 0 aliphatic carbocycles. The van der Waals surface area contributed by atoms with Crippen LogP contribution in [0.1, 0.15) is 5.56 Å². The van der Waals surface area contributed by atoms with Gasteiger partial charge in [-0.05, 0) is 18.4 Å². The van der Waals surface area contributed by atoms with Gasteiger partial charge in [0.25, 0.3) is 0 Å². The standard InChI is InChI=1S/C15H10Cl2F3N5O2S/c1-26-5-22-14-12(28-2)10(13-21-6-27-24-13)23-25(14)11-8(16)3-7(4-9(11)17)15(18,19)20/h3-6H,1-2H3. The van der Waals surface area contributed by atoms with Crippen LogP contribution in [0.25, 0.3) is 17.2 Å². The van der Waals surface area contributed by atoms with E-state index in [1.165, 1.54) is 23.6 Å². The molecule has 0 unspecified atom stereocenters. The average molecular weight is 452 g/mol. The van der Waals surface area contributed by atoms with Gasteiger partial charge in [-0.1, -0.05) is 28.4 Å². The molecule has 0 saturated carbocycles. The van der Waals surface area contributed by atoms with E-state index >= 15 is 0 Å². The first-order valence-corrected chi connectivity index (χ1v) is 9.31. The summed E-state index contributed by atoms with van der Waals surface area (Å²) in [5, 5.41) is 7.57. The summed E-state index contributed by atoms with van der Waals surface area (Å²) in [5.41, 5.74) is -0.676. The summed E-state index contributed by atoms with van der Waals surface area (Å²) in [6.45, 7) is 0. The Bertz CT molecular complexity index is 999. The molecule has 28 heavy (non-hydrogen) atoms. The zero-order valence-electron chi connectivity index (χ0n) is 14.2. The Labute approximate surface area is 170 Å². The van der Waals surface area contributed by atoms with Crippen LogP contribution in [0.4, 0.5) is 19.0 Å². The van der Waals surface area contributed by atoms with Crippen LogP contribution in [0.2, 0.25) is 10.0 Å². The number of nitrogens with zero attached hydrogens (tertiary/aromatic N) is 5. The molecule has 148 valence electrons. The van der Waals surface area contributed by atoms with Crippen molar-refractivity contribution in [2.75, 3.05) is 13.4 Å². The lowest BCUT2D eigenvalue weighted by atomic mass is 10.2. The van der Waals surface area contributed by atoms with Gasteiger partial charge in [-0.25, -0.2) is 4.68 Å². The SMILES string of the molecule is COC=Nc1c(SC)c(-c2ncon2)nn1-c1c(Cl)cc(C(F)(F)F)cc1Cl. The van der Waals surface area contributed by atoms with E-state index in [0.29, 0.717) is 4.90 Å². The number of halogens is 5. The molecule has 3 aromatic rings. The molecule has 0 radical (unpaired) electrons. The minimum Gasteiger partial charge on any atom is -0.486 e. The van der Waals surface area contributed by atoms with Crippen molar-refractivity contribution >= 4 is 47.2 Å². The number of hydrogen-bond donors (Lipinski definition) is 0. The second-order valence-corrected chi connectivity index (χ2v) is 6.76. The van der Waals surface area contributed by atoms with Gasteiger partial charge in [-0.2, -0.15) is 28.2 Å². The van der Waals surface area contributed by atoms with Gasteiger partial charge >= 0.3 is 6.18 Å². The molecule has 0 atom stereocenters. The number of aliphatic imine (C=N–C) groups is 1. The Morgan fingerprint density at radius 2 is 1.96 bits per heavy atom. The molecule has 0 saturated heterocycles. The minimum absolute atomic E-state index is 0.0182. The summed E-state index contributed by atoms with van der Waals surface area (Å²) in [6.07, 6.45) is -0.590. The quantitative estimate of drug-likeness (QED) is 0.298. The highest BCUT2D eigenvalue weighted by molar-refractivity contribution is 7.98. The average Bonchev–Trinajstić information content (AvgIpc) is 3.26. The molecule has 0 fully saturated rings. The van der Waals surface area contributed by atoms with Crippen molar-refractivity contribution in [3.05, 3.63) is 34.1 Å². The Morgan fingerprint density at radius 1 is 1.29 bits per heavy atom. The van der Waals surface area contributed by atoms with Gasteiger partial charge in [0, 0.05) is 0 Å². The lowest BCUT2D eigenvalue weighted by molar-refractivity contribution is -0.137. The van der Waals surface area contributed by atoms with E-state index in [0.717, 1.165) is 24.9 Å². The van der Waals surface area contributed by atoms with E-state index in [-0.39, 0.29) is 33.1 Å². The number of aromatic nitrogens is 4. The van der Waals surface area contributed by atoms with Crippen LogP contribution in [-0.4, -0.2) is 39.7 Å². The van der Waals surface area contributed by atoms with Crippen molar-refractivity contribution in [2.24, 2.45) is 4.99 Å². The molecule has 2 heterocycles. The molecule has 3 rings (SSSR count). The third kappa shape index (κ3) is 3.82. The van der Waals surface area contributed by atoms with Crippen molar-refractivity contribution in [2.45, 2.75) is 11.1 Å². The van der Waals surface area contributed by atoms with Crippen molar-refractivity contribution in [3.63, 3.8) is 0 Å². The predicted molar refractivity (Wildman–Crippen MR) is 98.8 cm³/mol. The smallest absolute Gasteiger partial charge is 0.416 e. The van der Waals surface area contributed by atoms with E-state index in [9.17, 15) is 13.2 Å². The number of thioether (sulfide) groups is 1. The molecule has 0 aliphatic rings. The molecule has 1 aromatic carbocycles. The van der Waals surface area contributed by atoms with Gasteiger partial charge in [0.1, 0.15) is 11.4 Å². The number of benzene rings is 1. The Hall–Kier alpha value is -2.24. The fourth-order valence-corrected chi connectivity index (χ4v) is 3.60. The van der Waals surface area contributed by atoms with Gasteiger partial charge in [0.05, 0.1) is 27.6 Å². The molecule has 0 amide bonds. The van der Waals surface area contributed by atoms with Gasteiger partial charge < -0.3 is 9.26 Å². The van der Waals surface area contributed by atoms with E-state index < -0.39 is 11.7 Å². The third-order valence-electron chi connectivity index (χ3n) is 3.43. The lowest BCUT2D eigenvalue weighted by Crippen LogP contribution is -2.07. The zero-order chi connectivity index (χ0) is 20.5. The molecule has 2 aromatic heterocycles. The van der Waals surface area contributed by atoms with Crippen LogP contribution in [0.15, 0.2) is 32.9 Å². The normalized spacial score (nSPS) is 12.1. The molecule has 0 aliphatic heterocycles. The molecular weight excluding hydrogens is 442 g/mol. The first kappa shape index (κ1) is 20.5. The lowest BCUT2D eigenvalue weighted by Gasteiger charge is -2.13. The fourth-order valence-electron chi connectivity index (χ4n) is 2.31. The highest BCUT2D eigenvalue weighted by Crippen LogP contribution is 2.43. The van der Waals surface area contributed by atoms with Crippen LogP contribution in [0.3, 0.4) is 0 Å². The maximum Gasteiger partial charge on any atom is 0.416 e. The summed E-state index contributed by atoms with van der Waals surface area (Å²) in [4.78, 5) is 8.63. The monoisotopic (exact) mass is 451 g/mol. The molecule has 13 heteroatoms. The Balaban J connectivity index is 2.28. The predicted octanol–water partition coefficient (Wildman–Crippen LogP) is 5.28. The van der Waals surface area contributed by atoms with Gasteiger partial charge in [-0.15, -0.1) is 11.8 Å². The fraction of sp³-hybridized carbons (Fsp3) is 0.200. The highest BCUT2D eigenvalue weighted by atomic mass is 35.5. The van der Waals surface area contributed by atoms with Crippen LogP contribution >= 0.6 is 35.0 Å². The summed E-state index contributed by atoms with van der Waals surface area (Å²) in [6, 6.07) is 1.53. The first-order valence-electron chi connectivity index (χ1n) is 7.33. The topological polar surface area (TPSA) is 78.3 Å². The summed E-state index contributed by atoms with van der Waals surface area (Å²) in [7, 11) is 1.39. The van der Waals surface area contributed by atoms with E-state index in [1.54, 1.807) is 6.26 Å². The van der Waals surface area contributed by atoms with Crippen LogP contribution in [0.5, 0.6) is 0 Å². The van der Waals surface area contributed by atoms with Crippen LogP contribution in [-0.2, 0) is 10.9 Å². The van der Waals surface area contributed by atoms with Crippen LogP contribution < -0.4 is 0 Å². The minimum atomic E-state index is -4.60. The van der Waals surface area contributed by atoms with E-state index in [2.05, 4.69) is 20.2 Å². The van der Waals surface area contributed by atoms with Crippen molar-refractivity contribution in [3.8, 4) is 17.2 Å². The summed E-state index contributed by atoms with van der Waals surface area (Å²) >= 11 is 13.5. The van der Waals surface area contributed by atoms with Crippen LogP contribution in [0, 0.1) is 0 Å². The van der Waals surface area contributed by atoms with Gasteiger partial charge in [0.2, 0.25) is 12.2 Å². The number of rotatable bonds is 5. The molecular formula is C15H10Cl2F3N5O2S. The summed E-state index contributed by atoms with van der Waals surface area (Å²) < 4.78 is 49.9. The van der Waals surface area contributed by atoms with E-state index in [1.807, 2.05) is 0 Å². The maximum atomic E-state index is 13.0. The third-order valence-corrected chi connectivity index (χ3v) is 4.79.